The molecule has 1 unspecified atom stereocenters. The molecule has 3 nitrogen and oxygen atoms in total. The fourth-order valence-corrected chi connectivity index (χ4v) is 1.54. The lowest BCUT2D eigenvalue weighted by atomic mass is 10.1. The Morgan fingerprint density at radius 2 is 2.38 bits per heavy atom. The van der Waals surface area contributed by atoms with Gasteiger partial charge in [-0.05, 0) is 24.6 Å². The van der Waals surface area contributed by atoms with E-state index in [9.17, 15) is 4.39 Å². The minimum absolute atomic E-state index is 0.110. The van der Waals surface area contributed by atoms with Gasteiger partial charge in [0.05, 0.1) is 6.33 Å². The van der Waals surface area contributed by atoms with Gasteiger partial charge in [-0.2, -0.15) is 0 Å². The first kappa shape index (κ1) is 10.8. The zero-order valence-electron chi connectivity index (χ0n) is 9.07. The molecule has 4 heteroatoms. The number of benzene rings is 1. The van der Waals surface area contributed by atoms with Crippen LogP contribution < -0.4 is 5.32 Å². The molecular weight excluding hydrogens is 205 g/mol. The molecule has 0 aliphatic heterocycles. The molecule has 0 saturated carbocycles. The van der Waals surface area contributed by atoms with Crippen molar-refractivity contribution < 1.29 is 4.39 Å². The van der Waals surface area contributed by atoms with Gasteiger partial charge in [0, 0.05) is 24.5 Å². The summed E-state index contributed by atoms with van der Waals surface area (Å²) in [6.07, 6.45) is 3.41. The number of hydrogen-bond acceptors (Lipinski definition) is 2. The summed E-state index contributed by atoms with van der Waals surface area (Å²) in [5.74, 6) is -0.201. The Labute approximate surface area is 93.7 Å². The Bertz CT molecular complexity index is 439. The minimum Gasteiger partial charge on any atom is -0.347 e. The number of nitrogens with one attached hydrogen (secondary N) is 2. The zero-order chi connectivity index (χ0) is 11.4. The maximum Gasteiger partial charge on any atom is 0.123 e. The first-order valence-corrected chi connectivity index (χ1v) is 5.22. The van der Waals surface area contributed by atoms with Crippen molar-refractivity contribution in [3.8, 4) is 0 Å². The van der Waals surface area contributed by atoms with Crippen molar-refractivity contribution >= 4 is 0 Å². The summed E-state index contributed by atoms with van der Waals surface area (Å²) in [5, 5.41) is 3.29. The number of H-pyrrole nitrogens is 1. The highest BCUT2D eigenvalue weighted by atomic mass is 19.1. The van der Waals surface area contributed by atoms with Crippen LogP contribution in [0.25, 0.3) is 0 Å². The Morgan fingerprint density at radius 1 is 1.50 bits per heavy atom. The van der Waals surface area contributed by atoms with E-state index in [2.05, 4.69) is 15.3 Å². The molecule has 2 N–H and O–H groups in total. The highest BCUT2D eigenvalue weighted by molar-refractivity contribution is 5.19. The van der Waals surface area contributed by atoms with E-state index in [1.54, 1.807) is 24.7 Å². The van der Waals surface area contributed by atoms with Gasteiger partial charge in [-0.1, -0.05) is 12.1 Å². The quantitative estimate of drug-likeness (QED) is 0.829. The van der Waals surface area contributed by atoms with Gasteiger partial charge in [0.2, 0.25) is 0 Å². The van der Waals surface area contributed by atoms with E-state index in [1.165, 1.54) is 6.07 Å². The molecule has 1 atom stereocenters. The lowest BCUT2D eigenvalue weighted by Crippen LogP contribution is -2.18. The summed E-state index contributed by atoms with van der Waals surface area (Å²) in [6.45, 7) is 2.70. The number of rotatable bonds is 4. The van der Waals surface area contributed by atoms with Crippen LogP contribution in [0.1, 0.15) is 24.2 Å². The van der Waals surface area contributed by atoms with Crippen molar-refractivity contribution in [2.24, 2.45) is 0 Å². The second-order valence-corrected chi connectivity index (χ2v) is 3.73. The summed E-state index contributed by atoms with van der Waals surface area (Å²) in [7, 11) is 0. The van der Waals surface area contributed by atoms with Crippen LogP contribution >= 0.6 is 0 Å². The molecule has 0 amide bonds. The lowest BCUT2D eigenvalue weighted by Gasteiger charge is -2.13. The predicted molar refractivity (Wildman–Crippen MR) is 60.2 cm³/mol. The van der Waals surface area contributed by atoms with E-state index in [1.807, 2.05) is 13.0 Å². The third kappa shape index (κ3) is 2.67. The maximum atomic E-state index is 13.0. The second-order valence-electron chi connectivity index (χ2n) is 3.73. The molecule has 2 aromatic rings. The molecule has 0 fully saturated rings. The average Bonchev–Trinajstić information content (AvgIpc) is 2.78. The first-order chi connectivity index (χ1) is 7.75. The maximum absolute atomic E-state index is 13.0. The number of imidazole rings is 1. The molecule has 0 radical (unpaired) electrons. The molecule has 0 spiro atoms. The molecule has 1 heterocycles. The van der Waals surface area contributed by atoms with Crippen LogP contribution in [0.15, 0.2) is 36.8 Å². The van der Waals surface area contributed by atoms with Crippen LogP contribution in [-0.4, -0.2) is 9.97 Å². The third-order valence-corrected chi connectivity index (χ3v) is 2.50. The summed E-state index contributed by atoms with van der Waals surface area (Å²) < 4.78 is 13.0. The zero-order valence-corrected chi connectivity index (χ0v) is 9.07. The van der Waals surface area contributed by atoms with Crippen molar-refractivity contribution in [1.29, 1.82) is 0 Å². The largest absolute Gasteiger partial charge is 0.347 e. The fraction of sp³-hybridized carbons (Fsp3) is 0.250. The van der Waals surface area contributed by atoms with E-state index < -0.39 is 0 Å². The van der Waals surface area contributed by atoms with Gasteiger partial charge in [0.25, 0.3) is 0 Å². The highest BCUT2D eigenvalue weighted by Crippen LogP contribution is 2.13. The first-order valence-electron chi connectivity index (χ1n) is 5.22. The van der Waals surface area contributed by atoms with Crippen LogP contribution in [-0.2, 0) is 6.54 Å². The third-order valence-electron chi connectivity index (χ3n) is 2.50. The van der Waals surface area contributed by atoms with Crippen LogP contribution in [0, 0.1) is 5.82 Å². The van der Waals surface area contributed by atoms with Crippen molar-refractivity contribution in [1.82, 2.24) is 15.3 Å². The number of nitrogens with zero attached hydrogens (tertiary/aromatic N) is 1. The van der Waals surface area contributed by atoms with Crippen molar-refractivity contribution in [2.75, 3.05) is 0 Å². The van der Waals surface area contributed by atoms with Crippen LogP contribution in [0.4, 0.5) is 4.39 Å². The SMILES string of the molecule is CC(NCc1cnc[nH]1)c1cccc(F)c1. The number of aromatic amines is 1. The molecule has 0 aliphatic carbocycles. The molecule has 0 aliphatic rings. The van der Waals surface area contributed by atoms with Crippen molar-refractivity contribution in [3.63, 3.8) is 0 Å². The van der Waals surface area contributed by atoms with Crippen LogP contribution in [0.5, 0.6) is 0 Å². The Kier molecular flexibility index (Phi) is 3.31. The van der Waals surface area contributed by atoms with Crippen molar-refractivity contribution in [3.05, 3.63) is 53.9 Å². The smallest absolute Gasteiger partial charge is 0.123 e. The summed E-state index contributed by atoms with van der Waals surface area (Å²) in [6, 6.07) is 6.74. The molecule has 0 bridgehead atoms. The van der Waals surface area contributed by atoms with Gasteiger partial charge < -0.3 is 10.3 Å². The lowest BCUT2D eigenvalue weighted by molar-refractivity contribution is 0.560. The molecule has 1 aromatic carbocycles. The molecule has 1 aromatic heterocycles. The predicted octanol–water partition coefficient (Wildman–Crippen LogP) is 2.40. The minimum atomic E-state index is -0.201. The van der Waals surface area contributed by atoms with E-state index in [-0.39, 0.29) is 11.9 Å². The van der Waals surface area contributed by atoms with Crippen molar-refractivity contribution in [2.45, 2.75) is 19.5 Å². The van der Waals surface area contributed by atoms with E-state index >= 15 is 0 Å². The van der Waals surface area contributed by atoms with E-state index in [0.717, 1.165) is 11.3 Å². The van der Waals surface area contributed by atoms with Gasteiger partial charge >= 0.3 is 0 Å². The van der Waals surface area contributed by atoms with E-state index in [4.69, 9.17) is 0 Å². The summed E-state index contributed by atoms with van der Waals surface area (Å²) in [5.41, 5.74) is 1.96. The Hall–Kier alpha value is -1.68. The highest BCUT2D eigenvalue weighted by Gasteiger charge is 2.05. The van der Waals surface area contributed by atoms with E-state index in [0.29, 0.717) is 6.54 Å². The molecule has 0 saturated heterocycles. The number of aromatic nitrogens is 2. The summed E-state index contributed by atoms with van der Waals surface area (Å²) in [4.78, 5) is 6.94. The molecule has 16 heavy (non-hydrogen) atoms. The van der Waals surface area contributed by atoms with Gasteiger partial charge in [0.15, 0.2) is 0 Å². The van der Waals surface area contributed by atoms with Gasteiger partial charge in [-0.25, -0.2) is 9.37 Å². The standard InChI is InChI=1S/C12H14FN3/c1-9(10-3-2-4-11(13)5-10)15-7-12-6-14-8-16-12/h2-6,8-9,15H,7H2,1H3,(H,14,16). The van der Waals surface area contributed by atoms with Crippen LogP contribution in [0.2, 0.25) is 0 Å². The second kappa shape index (κ2) is 4.90. The normalized spacial score (nSPS) is 12.6. The molecule has 2 rings (SSSR count). The van der Waals surface area contributed by atoms with Crippen LogP contribution in [0.3, 0.4) is 0 Å². The fourth-order valence-electron chi connectivity index (χ4n) is 1.54. The Morgan fingerprint density at radius 3 is 3.06 bits per heavy atom. The van der Waals surface area contributed by atoms with Gasteiger partial charge in [-0.15, -0.1) is 0 Å². The Balaban J connectivity index is 1.95. The molecule has 84 valence electrons. The van der Waals surface area contributed by atoms with Gasteiger partial charge in [-0.3, -0.25) is 0 Å². The topological polar surface area (TPSA) is 40.7 Å². The monoisotopic (exact) mass is 219 g/mol. The molecular formula is C12H14FN3. The average molecular weight is 219 g/mol. The number of halogens is 1. The number of hydrogen-bond donors (Lipinski definition) is 2. The summed E-state index contributed by atoms with van der Waals surface area (Å²) >= 11 is 0. The van der Waals surface area contributed by atoms with Gasteiger partial charge in [0.1, 0.15) is 5.82 Å².